The van der Waals surface area contributed by atoms with E-state index in [2.05, 4.69) is 10.1 Å². The van der Waals surface area contributed by atoms with Crippen molar-refractivity contribution in [3.63, 3.8) is 0 Å². The van der Waals surface area contributed by atoms with E-state index < -0.39 is 6.10 Å². The third kappa shape index (κ3) is 3.42. The number of rotatable bonds is 5. The summed E-state index contributed by atoms with van der Waals surface area (Å²) in [5.74, 6) is -0.110. The minimum Gasteiger partial charge on any atom is -0.392 e. The van der Waals surface area contributed by atoms with Gasteiger partial charge in [-0.15, -0.1) is 0 Å². The third-order valence-electron chi connectivity index (χ3n) is 2.93. The molecule has 1 N–H and O–H groups in total. The van der Waals surface area contributed by atoms with Gasteiger partial charge in [-0.25, -0.2) is 9.67 Å². The lowest BCUT2D eigenvalue weighted by Crippen LogP contribution is -2.33. The summed E-state index contributed by atoms with van der Waals surface area (Å²) in [6.45, 7) is 2.45. The molecule has 2 aromatic rings. The Hall–Kier alpha value is -2.21. The van der Waals surface area contributed by atoms with Gasteiger partial charge in [-0.3, -0.25) is 4.79 Å². The van der Waals surface area contributed by atoms with Crippen LogP contribution in [0, 0.1) is 0 Å². The normalized spacial score (nSPS) is 12.2. The molecule has 1 heterocycles. The van der Waals surface area contributed by atoms with Gasteiger partial charge in [0.15, 0.2) is 0 Å². The molecule has 0 fully saturated rings. The van der Waals surface area contributed by atoms with Gasteiger partial charge in [-0.2, -0.15) is 5.10 Å². The molecule has 1 atom stereocenters. The Morgan fingerprint density at radius 1 is 1.45 bits per heavy atom. The number of nitrogens with zero attached hydrogens (tertiary/aromatic N) is 4. The lowest BCUT2D eigenvalue weighted by atomic mass is 10.1. The molecule has 0 radical (unpaired) electrons. The van der Waals surface area contributed by atoms with E-state index in [9.17, 15) is 9.90 Å². The molecule has 106 valence electrons. The molecule has 0 saturated heterocycles. The first kappa shape index (κ1) is 14.2. The molecule has 0 aliphatic rings. The van der Waals surface area contributed by atoms with Crippen LogP contribution in [-0.4, -0.2) is 50.4 Å². The summed E-state index contributed by atoms with van der Waals surface area (Å²) in [4.78, 5) is 17.8. The smallest absolute Gasteiger partial charge is 0.254 e. The second kappa shape index (κ2) is 6.29. The number of likely N-dealkylation sites (N-methyl/N-ethyl adjacent to an activating group) is 1. The second-order valence-electron chi connectivity index (χ2n) is 4.78. The second-order valence-corrected chi connectivity index (χ2v) is 4.78. The molecule has 6 nitrogen and oxygen atoms in total. The Kier molecular flexibility index (Phi) is 4.47. The Labute approximate surface area is 117 Å². The van der Waals surface area contributed by atoms with Gasteiger partial charge in [0.25, 0.3) is 5.91 Å². The Morgan fingerprint density at radius 2 is 2.20 bits per heavy atom. The van der Waals surface area contributed by atoms with Crippen LogP contribution in [0.5, 0.6) is 0 Å². The predicted octanol–water partition coefficient (Wildman–Crippen LogP) is 0.779. The van der Waals surface area contributed by atoms with Crippen LogP contribution >= 0.6 is 0 Å². The summed E-state index contributed by atoms with van der Waals surface area (Å²) in [7, 11) is 1.68. The maximum atomic E-state index is 12.4. The van der Waals surface area contributed by atoms with Crippen molar-refractivity contribution in [2.75, 3.05) is 13.6 Å². The Balaban J connectivity index is 2.21. The van der Waals surface area contributed by atoms with Gasteiger partial charge in [0, 0.05) is 19.2 Å². The average molecular weight is 274 g/mol. The first-order valence-corrected chi connectivity index (χ1v) is 6.41. The van der Waals surface area contributed by atoms with Gasteiger partial charge >= 0.3 is 0 Å². The molecular weight excluding hydrogens is 256 g/mol. The van der Waals surface area contributed by atoms with Gasteiger partial charge in [0.1, 0.15) is 12.7 Å². The monoisotopic (exact) mass is 274 g/mol. The van der Waals surface area contributed by atoms with E-state index >= 15 is 0 Å². The first-order chi connectivity index (χ1) is 9.58. The van der Waals surface area contributed by atoms with Crippen LogP contribution in [0.15, 0.2) is 36.9 Å². The number of hydrogen-bond acceptors (Lipinski definition) is 4. The van der Waals surface area contributed by atoms with Crippen LogP contribution in [-0.2, 0) is 6.54 Å². The van der Waals surface area contributed by atoms with Gasteiger partial charge in [0.05, 0.1) is 12.6 Å². The van der Waals surface area contributed by atoms with E-state index in [4.69, 9.17) is 0 Å². The van der Waals surface area contributed by atoms with Gasteiger partial charge in [-0.1, -0.05) is 18.2 Å². The summed E-state index contributed by atoms with van der Waals surface area (Å²) in [5, 5.41) is 13.4. The zero-order valence-electron chi connectivity index (χ0n) is 11.6. The lowest BCUT2D eigenvalue weighted by molar-refractivity contribution is 0.0702. The van der Waals surface area contributed by atoms with E-state index in [1.54, 1.807) is 31.0 Å². The molecule has 0 aliphatic heterocycles. The van der Waals surface area contributed by atoms with Crippen LogP contribution in [0.2, 0.25) is 0 Å². The molecule has 2 rings (SSSR count). The van der Waals surface area contributed by atoms with E-state index in [0.717, 1.165) is 5.56 Å². The summed E-state index contributed by atoms with van der Waals surface area (Å²) in [6, 6.07) is 7.39. The molecule has 20 heavy (non-hydrogen) atoms. The highest BCUT2D eigenvalue weighted by atomic mass is 16.3. The minimum atomic E-state index is -0.550. The average Bonchev–Trinajstić information content (AvgIpc) is 2.90. The summed E-state index contributed by atoms with van der Waals surface area (Å²) >= 11 is 0. The zero-order chi connectivity index (χ0) is 14.5. The highest BCUT2D eigenvalue weighted by Gasteiger charge is 2.16. The number of aliphatic hydroxyl groups is 1. The van der Waals surface area contributed by atoms with Crippen molar-refractivity contribution in [2.24, 2.45) is 0 Å². The number of carbonyl (C=O) groups is 1. The van der Waals surface area contributed by atoms with Crippen molar-refractivity contribution in [3.8, 4) is 0 Å². The third-order valence-corrected chi connectivity index (χ3v) is 2.93. The Bertz CT molecular complexity index is 566. The van der Waals surface area contributed by atoms with E-state index in [0.29, 0.717) is 18.7 Å². The fraction of sp³-hybridized carbons (Fsp3) is 0.357. The molecule has 1 aromatic carbocycles. The maximum absolute atomic E-state index is 12.4. The van der Waals surface area contributed by atoms with Crippen LogP contribution < -0.4 is 0 Å². The van der Waals surface area contributed by atoms with Crippen molar-refractivity contribution in [2.45, 2.75) is 19.6 Å². The fourth-order valence-electron chi connectivity index (χ4n) is 2.04. The fourth-order valence-corrected chi connectivity index (χ4v) is 2.04. The number of benzene rings is 1. The molecular formula is C14H18N4O2. The number of hydrogen-bond donors (Lipinski definition) is 1. The van der Waals surface area contributed by atoms with Crippen molar-refractivity contribution in [1.29, 1.82) is 0 Å². The van der Waals surface area contributed by atoms with E-state index in [1.165, 1.54) is 11.2 Å². The molecule has 0 bridgehead atoms. The van der Waals surface area contributed by atoms with Crippen LogP contribution in [0.1, 0.15) is 22.8 Å². The standard InChI is InChI=1S/C14H18N4O2/c1-11(19)7-17(2)14(20)13-6-4-3-5-12(13)8-18-10-15-9-16-18/h3-6,9-11,19H,7-8H2,1-2H3. The number of amides is 1. The molecule has 6 heteroatoms. The topological polar surface area (TPSA) is 71.2 Å². The van der Waals surface area contributed by atoms with Crippen LogP contribution in [0.4, 0.5) is 0 Å². The number of aliphatic hydroxyl groups excluding tert-OH is 1. The molecule has 0 spiro atoms. The van der Waals surface area contributed by atoms with Crippen molar-refractivity contribution in [3.05, 3.63) is 48.0 Å². The van der Waals surface area contributed by atoms with Crippen molar-refractivity contribution in [1.82, 2.24) is 19.7 Å². The van der Waals surface area contributed by atoms with Gasteiger partial charge in [-0.05, 0) is 18.6 Å². The SMILES string of the molecule is CC(O)CN(C)C(=O)c1ccccc1Cn1cncn1. The largest absolute Gasteiger partial charge is 0.392 e. The minimum absolute atomic E-state index is 0.110. The molecule has 0 aliphatic carbocycles. The summed E-state index contributed by atoms with van der Waals surface area (Å²) in [5.41, 5.74) is 1.49. The highest BCUT2D eigenvalue weighted by molar-refractivity contribution is 5.95. The molecule has 0 saturated carbocycles. The quantitative estimate of drug-likeness (QED) is 0.874. The van der Waals surface area contributed by atoms with E-state index in [-0.39, 0.29) is 5.91 Å². The lowest BCUT2D eigenvalue weighted by Gasteiger charge is -2.20. The summed E-state index contributed by atoms with van der Waals surface area (Å²) < 4.78 is 1.67. The Morgan fingerprint density at radius 3 is 2.85 bits per heavy atom. The molecule has 1 aromatic heterocycles. The van der Waals surface area contributed by atoms with Gasteiger partial charge < -0.3 is 10.0 Å². The molecule has 1 amide bonds. The number of carbonyl (C=O) groups excluding carboxylic acids is 1. The maximum Gasteiger partial charge on any atom is 0.254 e. The van der Waals surface area contributed by atoms with Crippen molar-refractivity contribution >= 4 is 5.91 Å². The number of aromatic nitrogens is 3. The molecule has 1 unspecified atom stereocenters. The van der Waals surface area contributed by atoms with Crippen molar-refractivity contribution < 1.29 is 9.90 Å². The first-order valence-electron chi connectivity index (χ1n) is 6.41. The van der Waals surface area contributed by atoms with Crippen LogP contribution in [0.3, 0.4) is 0 Å². The summed E-state index contributed by atoms with van der Waals surface area (Å²) in [6.07, 6.45) is 2.52. The zero-order valence-corrected chi connectivity index (χ0v) is 11.6. The van der Waals surface area contributed by atoms with E-state index in [1.807, 2.05) is 18.2 Å². The van der Waals surface area contributed by atoms with Crippen LogP contribution in [0.25, 0.3) is 0 Å². The van der Waals surface area contributed by atoms with Gasteiger partial charge in [0.2, 0.25) is 0 Å². The highest BCUT2D eigenvalue weighted by Crippen LogP contribution is 2.12. The predicted molar refractivity (Wildman–Crippen MR) is 74.2 cm³/mol.